The first-order chi connectivity index (χ1) is 11.7. The van der Waals surface area contributed by atoms with Gasteiger partial charge in [-0.05, 0) is 54.4 Å². The number of anilines is 2. The van der Waals surface area contributed by atoms with Crippen molar-refractivity contribution in [2.75, 3.05) is 10.6 Å². The van der Waals surface area contributed by atoms with Crippen LogP contribution in [-0.4, -0.2) is 15.9 Å². The summed E-state index contributed by atoms with van der Waals surface area (Å²) in [5, 5.41) is 6.11. The number of aromatic nitrogens is 2. The van der Waals surface area contributed by atoms with Crippen molar-refractivity contribution in [1.82, 2.24) is 9.97 Å². The Morgan fingerprint density at radius 1 is 1.04 bits per heavy atom. The monoisotopic (exact) mass is 318 g/mol. The second-order valence-corrected chi connectivity index (χ2v) is 5.46. The molecule has 0 atom stereocenters. The van der Waals surface area contributed by atoms with E-state index in [0.29, 0.717) is 12.2 Å². The number of benzene rings is 1. The van der Waals surface area contributed by atoms with Gasteiger partial charge in [-0.3, -0.25) is 9.78 Å². The number of hydrogen-bond acceptors (Lipinski definition) is 4. The second kappa shape index (κ2) is 7.37. The van der Waals surface area contributed by atoms with Gasteiger partial charge in [-0.25, -0.2) is 4.98 Å². The number of nitrogens with one attached hydrogen (secondary N) is 2. The molecule has 3 aromatic rings. The molecule has 0 radical (unpaired) electrons. The van der Waals surface area contributed by atoms with Crippen molar-refractivity contribution in [1.29, 1.82) is 0 Å². The molecule has 3 rings (SSSR count). The summed E-state index contributed by atoms with van der Waals surface area (Å²) in [6.45, 7) is 2.66. The lowest BCUT2D eigenvalue weighted by molar-refractivity contribution is 0.102. The average molecular weight is 318 g/mol. The van der Waals surface area contributed by atoms with E-state index in [1.807, 2.05) is 49.4 Å². The summed E-state index contributed by atoms with van der Waals surface area (Å²) in [7, 11) is 0. The average Bonchev–Trinajstić information content (AvgIpc) is 2.61. The van der Waals surface area contributed by atoms with E-state index < -0.39 is 0 Å². The van der Waals surface area contributed by atoms with Crippen LogP contribution in [0.1, 0.15) is 21.6 Å². The van der Waals surface area contributed by atoms with E-state index in [2.05, 4.69) is 20.6 Å². The van der Waals surface area contributed by atoms with Crippen LogP contribution in [0.3, 0.4) is 0 Å². The number of amides is 1. The predicted octanol–water partition coefficient (Wildman–Crippen LogP) is 3.65. The summed E-state index contributed by atoms with van der Waals surface area (Å²) in [5.41, 5.74) is 4.23. The van der Waals surface area contributed by atoms with Crippen LogP contribution in [0.2, 0.25) is 0 Å². The van der Waals surface area contributed by atoms with Gasteiger partial charge in [-0.1, -0.05) is 12.1 Å². The standard InChI is InChI=1S/C19H18N4O/c1-14-3-2-4-16(11-14)23-19(24)18-6-5-17(13-22-18)21-12-15-7-9-20-10-8-15/h2-11,13,21H,12H2,1H3,(H,23,24). The molecular weight excluding hydrogens is 300 g/mol. The Kier molecular flexibility index (Phi) is 4.81. The molecule has 24 heavy (non-hydrogen) atoms. The molecular formula is C19H18N4O. The molecule has 2 heterocycles. The highest BCUT2D eigenvalue weighted by atomic mass is 16.1. The first-order valence-electron chi connectivity index (χ1n) is 7.67. The maximum Gasteiger partial charge on any atom is 0.274 e. The van der Waals surface area contributed by atoms with E-state index in [-0.39, 0.29) is 5.91 Å². The molecule has 2 aromatic heterocycles. The Morgan fingerprint density at radius 3 is 2.58 bits per heavy atom. The molecule has 5 nitrogen and oxygen atoms in total. The van der Waals surface area contributed by atoms with Gasteiger partial charge >= 0.3 is 0 Å². The molecule has 1 amide bonds. The number of aryl methyl sites for hydroxylation is 1. The van der Waals surface area contributed by atoms with Gasteiger partial charge in [0.05, 0.1) is 11.9 Å². The fourth-order valence-corrected chi connectivity index (χ4v) is 2.26. The van der Waals surface area contributed by atoms with Crippen LogP contribution in [0.4, 0.5) is 11.4 Å². The van der Waals surface area contributed by atoms with Crippen molar-refractivity contribution in [3.63, 3.8) is 0 Å². The lowest BCUT2D eigenvalue weighted by atomic mass is 10.2. The number of pyridine rings is 2. The lowest BCUT2D eigenvalue weighted by Crippen LogP contribution is -2.13. The smallest absolute Gasteiger partial charge is 0.274 e. The van der Waals surface area contributed by atoms with Crippen LogP contribution < -0.4 is 10.6 Å². The van der Waals surface area contributed by atoms with Gasteiger partial charge in [-0.2, -0.15) is 0 Å². The Morgan fingerprint density at radius 2 is 1.88 bits per heavy atom. The predicted molar refractivity (Wildman–Crippen MR) is 94.9 cm³/mol. The number of carbonyl (C=O) groups is 1. The quantitative estimate of drug-likeness (QED) is 0.753. The van der Waals surface area contributed by atoms with Crippen molar-refractivity contribution in [2.45, 2.75) is 13.5 Å². The largest absolute Gasteiger partial charge is 0.380 e. The zero-order valence-corrected chi connectivity index (χ0v) is 13.4. The molecule has 0 saturated heterocycles. The highest BCUT2D eigenvalue weighted by Crippen LogP contribution is 2.12. The fraction of sp³-hybridized carbons (Fsp3) is 0.105. The van der Waals surface area contributed by atoms with Crippen LogP contribution >= 0.6 is 0 Å². The second-order valence-electron chi connectivity index (χ2n) is 5.46. The number of carbonyl (C=O) groups excluding carboxylic acids is 1. The zero-order valence-electron chi connectivity index (χ0n) is 13.4. The third-order valence-corrected chi connectivity index (χ3v) is 3.52. The van der Waals surface area contributed by atoms with Crippen LogP contribution in [-0.2, 0) is 6.54 Å². The number of rotatable bonds is 5. The highest BCUT2D eigenvalue weighted by molar-refractivity contribution is 6.02. The van der Waals surface area contributed by atoms with Crippen molar-refractivity contribution in [2.24, 2.45) is 0 Å². The van der Waals surface area contributed by atoms with Gasteiger partial charge in [0.15, 0.2) is 0 Å². The van der Waals surface area contributed by atoms with Gasteiger partial charge in [0.1, 0.15) is 5.69 Å². The van der Waals surface area contributed by atoms with E-state index in [4.69, 9.17) is 0 Å². The zero-order chi connectivity index (χ0) is 16.8. The van der Waals surface area contributed by atoms with Crippen LogP contribution in [0.5, 0.6) is 0 Å². The maximum atomic E-state index is 12.2. The van der Waals surface area contributed by atoms with Crippen molar-refractivity contribution < 1.29 is 4.79 Å². The van der Waals surface area contributed by atoms with E-state index in [9.17, 15) is 4.79 Å². The molecule has 2 N–H and O–H groups in total. The van der Waals surface area contributed by atoms with Gasteiger partial charge in [0.25, 0.3) is 5.91 Å². The minimum absolute atomic E-state index is 0.221. The topological polar surface area (TPSA) is 66.9 Å². The van der Waals surface area contributed by atoms with Gasteiger partial charge in [0, 0.05) is 24.6 Å². The van der Waals surface area contributed by atoms with E-state index in [1.165, 1.54) is 0 Å². The van der Waals surface area contributed by atoms with Gasteiger partial charge in [-0.15, -0.1) is 0 Å². The van der Waals surface area contributed by atoms with E-state index >= 15 is 0 Å². The number of nitrogens with zero attached hydrogens (tertiary/aromatic N) is 2. The molecule has 0 aliphatic rings. The van der Waals surface area contributed by atoms with E-state index in [1.54, 1.807) is 24.7 Å². The third-order valence-electron chi connectivity index (χ3n) is 3.52. The Hall–Kier alpha value is -3.21. The molecule has 0 fully saturated rings. The molecule has 0 spiro atoms. The molecule has 0 bridgehead atoms. The summed E-state index contributed by atoms with van der Waals surface area (Å²) in [5.74, 6) is -0.221. The van der Waals surface area contributed by atoms with E-state index in [0.717, 1.165) is 22.5 Å². The minimum atomic E-state index is -0.221. The molecule has 1 aromatic carbocycles. The van der Waals surface area contributed by atoms with Crippen LogP contribution in [0.15, 0.2) is 67.1 Å². The summed E-state index contributed by atoms with van der Waals surface area (Å²) >= 11 is 0. The Balaban J connectivity index is 1.60. The summed E-state index contributed by atoms with van der Waals surface area (Å²) in [6.07, 6.45) is 5.17. The molecule has 120 valence electrons. The minimum Gasteiger partial charge on any atom is -0.380 e. The van der Waals surface area contributed by atoms with Crippen LogP contribution in [0.25, 0.3) is 0 Å². The van der Waals surface area contributed by atoms with Crippen molar-refractivity contribution in [3.05, 3.63) is 83.9 Å². The lowest BCUT2D eigenvalue weighted by Gasteiger charge is -2.08. The maximum absolute atomic E-state index is 12.2. The Labute approximate surface area is 140 Å². The number of hydrogen-bond donors (Lipinski definition) is 2. The normalized spacial score (nSPS) is 10.2. The first kappa shape index (κ1) is 15.7. The highest BCUT2D eigenvalue weighted by Gasteiger charge is 2.07. The SMILES string of the molecule is Cc1cccc(NC(=O)c2ccc(NCc3ccncc3)cn2)c1. The van der Waals surface area contributed by atoms with Crippen molar-refractivity contribution in [3.8, 4) is 0 Å². The van der Waals surface area contributed by atoms with Gasteiger partial charge in [0.2, 0.25) is 0 Å². The molecule has 5 heteroatoms. The summed E-state index contributed by atoms with van der Waals surface area (Å²) in [6, 6.07) is 15.1. The fourth-order valence-electron chi connectivity index (χ4n) is 2.26. The van der Waals surface area contributed by atoms with Gasteiger partial charge < -0.3 is 10.6 Å². The summed E-state index contributed by atoms with van der Waals surface area (Å²) < 4.78 is 0. The Bertz CT molecular complexity index is 816. The van der Waals surface area contributed by atoms with Crippen molar-refractivity contribution >= 4 is 17.3 Å². The molecule has 0 unspecified atom stereocenters. The summed E-state index contributed by atoms with van der Waals surface area (Å²) in [4.78, 5) is 20.4. The van der Waals surface area contributed by atoms with Crippen LogP contribution in [0, 0.1) is 6.92 Å². The third kappa shape index (κ3) is 4.16. The molecule has 0 saturated carbocycles. The molecule has 0 aliphatic carbocycles. The first-order valence-corrected chi connectivity index (χ1v) is 7.67. The molecule has 0 aliphatic heterocycles.